The van der Waals surface area contributed by atoms with E-state index in [0.717, 1.165) is 0 Å². The number of ether oxygens (including phenoxy) is 1. The topological polar surface area (TPSA) is 105 Å². The summed E-state index contributed by atoms with van der Waals surface area (Å²) in [4.78, 5) is 20.6. The Morgan fingerprint density at radius 2 is 2.12 bits per heavy atom. The molecule has 1 aromatic carbocycles. The molecule has 0 aliphatic carbocycles. The van der Waals surface area contributed by atoms with Crippen molar-refractivity contribution in [1.29, 1.82) is 5.41 Å². The quantitative estimate of drug-likeness (QED) is 0.348. The molecule has 0 heterocycles. The maximum absolute atomic E-state index is 10.8. The normalized spacial score (nSPS) is 9.25. The van der Waals surface area contributed by atoms with Crippen molar-refractivity contribution in [3.05, 3.63) is 39.9 Å². The highest BCUT2D eigenvalue weighted by Crippen LogP contribution is 2.12. The maximum Gasteiger partial charge on any atom is 0.412 e. The molecule has 0 atom stereocenters. The van der Waals surface area contributed by atoms with Crippen LogP contribution in [0.15, 0.2) is 24.3 Å². The number of benzene rings is 1. The summed E-state index contributed by atoms with van der Waals surface area (Å²) in [5.41, 5.74) is 0.610. The van der Waals surface area contributed by atoms with E-state index in [0.29, 0.717) is 11.9 Å². The van der Waals surface area contributed by atoms with Crippen LogP contribution >= 0.6 is 0 Å². The summed E-state index contributed by atoms with van der Waals surface area (Å²) in [6.07, 6.45) is -0.0357. The molecule has 7 nitrogen and oxygen atoms in total. The van der Waals surface area contributed by atoms with Gasteiger partial charge < -0.3 is 4.74 Å². The number of carbonyl (C=O) groups is 1. The second kappa shape index (κ2) is 5.44. The first-order valence-corrected chi connectivity index (χ1v) is 4.29. The second-order valence-corrected chi connectivity index (χ2v) is 2.79. The van der Waals surface area contributed by atoms with Gasteiger partial charge in [0, 0.05) is 12.1 Å². The molecule has 0 saturated carbocycles. The highest BCUT2D eigenvalue weighted by molar-refractivity contribution is 5.80. The molecule has 16 heavy (non-hydrogen) atoms. The monoisotopic (exact) mass is 223 g/mol. The first-order chi connectivity index (χ1) is 7.63. The summed E-state index contributed by atoms with van der Waals surface area (Å²) in [6, 6.07) is 5.64. The van der Waals surface area contributed by atoms with Crippen molar-refractivity contribution in [3.8, 4) is 0 Å². The first-order valence-electron chi connectivity index (χ1n) is 4.29. The van der Waals surface area contributed by atoms with Crippen LogP contribution in [-0.2, 0) is 11.3 Å². The second-order valence-electron chi connectivity index (χ2n) is 2.79. The smallest absolute Gasteiger partial charge is 0.412 e. The molecule has 0 fully saturated rings. The molecular weight excluding hydrogens is 214 g/mol. The minimum absolute atomic E-state index is 0.00231. The summed E-state index contributed by atoms with van der Waals surface area (Å²) in [7, 11) is 0. The number of hydrogen-bond donors (Lipinski definition) is 2. The van der Waals surface area contributed by atoms with Crippen LogP contribution in [0.2, 0.25) is 0 Å². The lowest BCUT2D eigenvalue weighted by Crippen LogP contribution is -2.21. The first kappa shape index (κ1) is 11.6. The van der Waals surface area contributed by atoms with Crippen molar-refractivity contribution in [2.45, 2.75) is 6.61 Å². The van der Waals surface area contributed by atoms with Crippen LogP contribution in [0.1, 0.15) is 5.56 Å². The number of carbonyl (C=O) groups excluding carboxylic acids is 1. The van der Waals surface area contributed by atoms with Crippen molar-refractivity contribution >= 4 is 18.1 Å². The minimum atomic E-state index is -0.742. The predicted octanol–water partition coefficient (Wildman–Crippen LogP) is 1.43. The molecule has 0 aromatic heterocycles. The Hall–Kier alpha value is -2.44. The Kier molecular flexibility index (Phi) is 3.96. The standard InChI is InChI=1S/C9H9N3O4/c10-6-11-9(13)16-5-7-1-3-8(4-2-7)12(14)15/h1-4,6H,5H2,(H2,10,11,13). The molecule has 7 heteroatoms. The zero-order valence-electron chi connectivity index (χ0n) is 8.17. The van der Waals surface area contributed by atoms with Crippen LogP contribution in [0.5, 0.6) is 0 Å². The van der Waals surface area contributed by atoms with Crippen molar-refractivity contribution in [3.63, 3.8) is 0 Å². The Morgan fingerprint density at radius 1 is 1.50 bits per heavy atom. The number of nitrogens with zero attached hydrogens (tertiary/aromatic N) is 1. The summed E-state index contributed by atoms with van der Waals surface area (Å²) >= 11 is 0. The Morgan fingerprint density at radius 3 is 2.62 bits per heavy atom. The number of non-ortho nitro benzene ring substituents is 1. The lowest BCUT2D eigenvalue weighted by atomic mass is 10.2. The van der Waals surface area contributed by atoms with Crippen LogP contribution in [0.4, 0.5) is 10.5 Å². The highest BCUT2D eigenvalue weighted by Gasteiger charge is 2.05. The number of nitro groups is 1. The molecule has 0 radical (unpaired) electrons. The van der Waals surface area contributed by atoms with Crippen molar-refractivity contribution in [2.75, 3.05) is 0 Å². The molecule has 0 aliphatic heterocycles. The third kappa shape index (κ3) is 3.37. The molecule has 0 unspecified atom stereocenters. The van der Waals surface area contributed by atoms with E-state index in [1.54, 1.807) is 0 Å². The van der Waals surface area contributed by atoms with Gasteiger partial charge in [-0.3, -0.25) is 20.8 Å². The van der Waals surface area contributed by atoms with Crippen molar-refractivity contribution < 1.29 is 14.5 Å². The third-order valence-electron chi connectivity index (χ3n) is 1.71. The van der Waals surface area contributed by atoms with E-state index in [1.165, 1.54) is 24.3 Å². The number of nitro benzene ring substituents is 1. The number of hydrogen-bond acceptors (Lipinski definition) is 5. The zero-order valence-corrected chi connectivity index (χ0v) is 8.17. The van der Waals surface area contributed by atoms with Crippen LogP contribution in [0.25, 0.3) is 0 Å². The van der Waals surface area contributed by atoms with Crippen LogP contribution in [0, 0.1) is 15.5 Å². The van der Waals surface area contributed by atoms with E-state index < -0.39 is 11.0 Å². The molecule has 0 aliphatic rings. The Labute approximate surface area is 90.7 Å². The van der Waals surface area contributed by atoms with Gasteiger partial charge in [0.1, 0.15) is 6.61 Å². The molecule has 84 valence electrons. The fraction of sp³-hybridized carbons (Fsp3) is 0.111. The summed E-state index contributed by atoms with van der Waals surface area (Å²) in [5, 5.41) is 18.9. The molecule has 1 rings (SSSR count). The van der Waals surface area contributed by atoms with E-state index in [9.17, 15) is 14.9 Å². The Balaban J connectivity index is 2.52. The van der Waals surface area contributed by atoms with Crippen LogP contribution in [-0.4, -0.2) is 17.4 Å². The van der Waals surface area contributed by atoms with E-state index in [1.807, 2.05) is 5.32 Å². The van der Waals surface area contributed by atoms with E-state index >= 15 is 0 Å². The van der Waals surface area contributed by atoms with E-state index in [-0.39, 0.29) is 12.3 Å². The lowest BCUT2D eigenvalue weighted by molar-refractivity contribution is -0.384. The van der Waals surface area contributed by atoms with Gasteiger partial charge in [-0.05, 0) is 17.7 Å². The molecule has 1 aromatic rings. The predicted molar refractivity (Wildman–Crippen MR) is 55.2 cm³/mol. The zero-order chi connectivity index (χ0) is 12.0. The summed E-state index contributed by atoms with van der Waals surface area (Å²) < 4.78 is 4.70. The van der Waals surface area contributed by atoms with Gasteiger partial charge in [-0.2, -0.15) is 0 Å². The molecule has 0 bridgehead atoms. The van der Waals surface area contributed by atoms with Gasteiger partial charge >= 0.3 is 6.09 Å². The third-order valence-corrected chi connectivity index (χ3v) is 1.71. The number of nitrogens with one attached hydrogen (secondary N) is 2. The van der Waals surface area contributed by atoms with Gasteiger partial charge in [0.05, 0.1) is 11.3 Å². The molecule has 2 N–H and O–H groups in total. The van der Waals surface area contributed by atoms with Gasteiger partial charge in [0.2, 0.25) is 0 Å². The largest absolute Gasteiger partial charge is 0.444 e. The van der Waals surface area contributed by atoms with E-state index in [4.69, 9.17) is 10.1 Å². The number of alkyl carbamates (subject to hydrolysis) is 1. The summed E-state index contributed by atoms with van der Waals surface area (Å²) in [5.74, 6) is 0. The highest BCUT2D eigenvalue weighted by atomic mass is 16.6. The average molecular weight is 223 g/mol. The van der Waals surface area contributed by atoms with E-state index in [2.05, 4.69) is 0 Å². The van der Waals surface area contributed by atoms with Gasteiger partial charge in [-0.25, -0.2) is 4.79 Å². The van der Waals surface area contributed by atoms with Gasteiger partial charge in [-0.1, -0.05) is 0 Å². The SMILES string of the molecule is N=CNC(=O)OCc1ccc([N+](=O)[O-])cc1. The van der Waals surface area contributed by atoms with Crippen LogP contribution < -0.4 is 5.32 Å². The van der Waals surface area contributed by atoms with Gasteiger partial charge in [-0.15, -0.1) is 0 Å². The van der Waals surface area contributed by atoms with Crippen molar-refractivity contribution in [1.82, 2.24) is 5.32 Å². The Bertz CT molecular complexity index is 402. The average Bonchev–Trinajstić information content (AvgIpc) is 2.27. The summed E-state index contributed by atoms with van der Waals surface area (Å²) in [6.45, 7) is -0.00231. The minimum Gasteiger partial charge on any atom is -0.444 e. The lowest BCUT2D eigenvalue weighted by Gasteiger charge is -2.03. The molecule has 1 amide bonds. The molecular formula is C9H9N3O4. The maximum atomic E-state index is 10.8. The molecule has 0 saturated heterocycles. The fourth-order valence-electron chi connectivity index (χ4n) is 0.963. The fourth-order valence-corrected chi connectivity index (χ4v) is 0.963. The number of rotatable bonds is 4. The van der Waals surface area contributed by atoms with Gasteiger partial charge in [0.15, 0.2) is 0 Å². The van der Waals surface area contributed by atoms with Gasteiger partial charge in [0.25, 0.3) is 5.69 Å². The molecule has 0 spiro atoms. The number of amides is 1. The van der Waals surface area contributed by atoms with Crippen LogP contribution in [0.3, 0.4) is 0 Å². The van der Waals surface area contributed by atoms with Crippen molar-refractivity contribution in [2.24, 2.45) is 0 Å².